The third-order valence-corrected chi connectivity index (χ3v) is 6.78. The molecule has 0 bridgehead atoms. The minimum absolute atomic E-state index is 0.00814. The second-order valence-electron chi connectivity index (χ2n) is 8.97. The van der Waals surface area contributed by atoms with Gasteiger partial charge in [0.1, 0.15) is 17.5 Å². The highest BCUT2D eigenvalue weighted by Crippen LogP contribution is 2.29. The summed E-state index contributed by atoms with van der Waals surface area (Å²) < 4.78 is 64.6. The number of nitrogens with two attached hydrogens (primary N) is 1. The van der Waals surface area contributed by atoms with Crippen LogP contribution in [0.2, 0.25) is 5.02 Å². The standard InChI is InChI=1S/C28H24ClF4N3O3/c1-15-25(19-5-3-8-24(39-2)26(19)33)27(37)36(13-18(34)11-16-9-10-17(30)12-21(16)29)28(38)35(15)14-20-22(31)6-4-7-23(20)32/h3-10,12,18H,11,13-14,34H2,1-2H3. The predicted octanol–water partition coefficient (Wildman–Crippen LogP) is 4.82. The number of methoxy groups -OCH3 is 1. The van der Waals surface area contributed by atoms with Gasteiger partial charge < -0.3 is 10.5 Å². The van der Waals surface area contributed by atoms with E-state index in [0.717, 1.165) is 27.3 Å². The van der Waals surface area contributed by atoms with Crippen molar-refractivity contribution in [3.8, 4) is 16.9 Å². The topological polar surface area (TPSA) is 79.2 Å². The van der Waals surface area contributed by atoms with Crippen molar-refractivity contribution in [2.75, 3.05) is 7.11 Å². The van der Waals surface area contributed by atoms with Crippen LogP contribution in [0.1, 0.15) is 16.8 Å². The number of hydrogen-bond acceptors (Lipinski definition) is 4. The SMILES string of the molecule is COc1cccc(-c2c(C)n(Cc3c(F)cccc3F)c(=O)n(CC(N)Cc3ccc(F)cc3Cl)c2=O)c1F. The van der Waals surface area contributed by atoms with E-state index in [1.165, 1.54) is 50.4 Å². The summed E-state index contributed by atoms with van der Waals surface area (Å²) in [5.74, 6) is -3.32. The molecule has 4 rings (SSSR count). The van der Waals surface area contributed by atoms with Gasteiger partial charge in [-0.2, -0.15) is 0 Å². The maximum atomic E-state index is 15.3. The zero-order valence-corrected chi connectivity index (χ0v) is 21.7. The Balaban J connectivity index is 1.89. The monoisotopic (exact) mass is 561 g/mol. The van der Waals surface area contributed by atoms with E-state index in [0.29, 0.717) is 5.56 Å². The van der Waals surface area contributed by atoms with Crippen molar-refractivity contribution in [2.24, 2.45) is 5.73 Å². The van der Waals surface area contributed by atoms with Crippen molar-refractivity contribution in [1.82, 2.24) is 9.13 Å². The van der Waals surface area contributed by atoms with Gasteiger partial charge in [0.25, 0.3) is 5.56 Å². The summed E-state index contributed by atoms with van der Waals surface area (Å²) >= 11 is 6.10. The number of aromatic nitrogens is 2. The van der Waals surface area contributed by atoms with Crippen LogP contribution in [-0.4, -0.2) is 22.3 Å². The summed E-state index contributed by atoms with van der Waals surface area (Å²) in [6, 6.07) is 10.3. The molecular weight excluding hydrogens is 538 g/mol. The molecule has 0 spiro atoms. The summed E-state index contributed by atoms with van der Waals surface area (Å²) in [4.78, 5) is 27.2. The highest BCUT2D eigenvalue weighted by atomic mass is 35.5. The van der Waals surface area contributed by atoms with Gasteiger partial charge in [0.2, 0.25) is 0 Å². The van der Waals surface area contributed by atoms with Crippen LogP contribution in [-0.2, 0) is 19.5 Å². The largest absolute Gasteiger partial charge is 0.494 e. The molecule has 0 radical (unpaired) electrons. The van der Waals surface area contributed by atoms with Crippen molar-refractivity contribution in [3.63, 3.8) is 0 Å². The van der Waals surface area contributed by atoms with E-state index < -0.39 is 52.7 Å². The zero-order chi connectivity index (χ0) is 28.4. The average Bonchev–Trinajstić information content (AvgIpc) is 2.88. The Kier molecular flexibility index (Phi) is 8.27. The van der Waals surface area contributed by atoms with E-state index in [9.17, 15) is 22.8 Å². The van der Waals surface area contributed by atoms with Crippen LogP contribution < -0.4 is 21.7 Å². The normalized spacial score (nSPS) is 12.0. The first kappa shape index (κ1) is 28.1. The van der Waals surface area contributed by atoms with E-state index in [1.54, 1.807) is 0 Å². The molecule has 0 saturated heterocycles. The fraction of sp³-hybridized carbons (Fsp3) is 0.214. The molecule has 1 heterocycles. The van der Waals surface area contributed by atoms with Crippen LogP contribution in [0.3, 0.4) is 0 Å². The number of benzene rings is 3. The number of halogens is 5. The molecular formula is C28H24ClF4N3O3. The minimum Gasteiger partial charge on any atom is -0.494 e. The molecule has 11 heteroatoms. The lowest BCUT2D eigenvalue weighted by Gasteiger charge is -2.20. The molecule has 6 nitrogen and oxygen atoms in total. The molecule has 4 aromatic rings. The minimum atomic E-state index is -0.895. The van der Waals surface area contributed by atoms with E-state index in [1.807, 2.05) is 0 Å². The molecule has 0 fully saturated rings. The van der Waals surface area contributed by atoms with Crippen LogP contribution in [0.4, 0.5) is 17.6 Å². The van der Waals surface area contributed by atoms with Gasteiger partial charge in [-0.05, 0) is 49.2 Å². The third-order valence-electron chi connectivity index (χ3n) is 6.43. The van der Waals surface area contributed by atoms with Gasteiger partial charge >= 0.3 is 5.69 Å². The molecule has 0 aliphatic rings. The van der Waals surface area contributed by atoms with Gasteiger partial charge in [-0.15, -0.1) is 0 Å². The van der Waals surface area contributed by atoms with Gasteiger partial charge in [0.05, 0.1) is 19.2 Å². The Morgan fingerprint density at radius 3 is 2.28 bits per heavy atom. The summed E-state index contributed by atoms with van der Waals surface area (Å²) in [5, 5.41) is 0.119. The van der Waals surface area contributed by atoms with Crippen molar-refractivity contribution in [3.05, 3.63) is 121 Å². The van der Waals surface area contributed by atoms with E-state index in [2.05, 4.69) is 0 Å². The van der Waals surface area contributed by atoms with Gasteiger partial charge in [-0.25, -0.2) is 22.4 Å². The Morgan fingerprint density at radius 1 is 0.974 bits per heavy atom. The first-order valence-electron chi connectivity index (χ1n) is 11.8. The van der Waals surface area contributed by atoms with Gasteiger partial charge in [0, 0.05) is 34.4 Å². The maximum absolute atomic E-state index is 15.3. The molecule has 0 aliphatic carbocycles. The number of hydrogen-bond donors (Lipinski definition) is 1. The second-order valence-corrected chi connectivity index (χ2v) is 9.37. The fourth-order valence-corrected chi connectivity index (χ4v) is 4.67. The Labute approximate surface area is 225 Å². The maximum Gasteiger partial charge on any atom is 0.331 e. The van der Waals surface area contributed by atoms with Crippen LogP contribution in [0.25, 0.3) is 11.1 Å². The molecule has 1 atom stereocenters. The summed E-state index contributed by atoms with van der Waals surface area (Å²) in [7, 11) is 1.26. The third kappa shape index (κ3) is 5.62. The Morgan fingerprint density at radius 2 is 1.64 bits per heavy atom. The van der Waals surface area contributed by atoms with Gasteiger partial charge in [0.15, 0.2) is 11.6 Å². The number of rotatable bonds is 8. The van der Waals surface area contributed by atoms with Crippen molar-refractivity contribution >= 4 is 11.6 Å². The van der Waals surface area contributed by atoms with Crippen LogP contribution >= 0.6 is 11.6 Å². The van der Waals surface area contributed by atoms with E-state index >= 15 is 4.39 Å². The highest BCUT2D eigenvalue weighted by Gasteiger charge is 2.24. The first-order chi connectivity index (χ1) is 18.5. The molecule has 39 heavy (non-hydrogen) atoms. The lowest BCUT2D eigenvalue weighted by molar-refractivity contribution is 0.387. The van der Waals surface area contributed by atoms with Gasteiger partial charge in [-0.1, -0.05) is 35.9 Å². The van der Waals surface area contributed by atoms with Gasteiger partial charge in [-0.3, -0.25) is 13.9 Å². The fourth-order valence-electron chi connectivity index (χ4n) is 4.43. The quantitative estimate of drug-likeness (QED) is 0.313. The van der Waals surface area contributed by atoms with E-state index in [-0.39, 0.29) is 40.6 Å². The van der Waals surface area contributed by atoms with Crippen LogP contribution in [0, 0.1) is 30.2 Å². The molecule has 2 N–H and O–H groups in total. The Bertz CT molecular complexity index is 1650. The van der Waals surface area contributed by atoms with Crippen LogP contribution in [0.15, 0.2) is 64.2 Å². The predicted molar refractivity (Wildman–Crippen MR) is 140 cm³/mol. The molecule has 0 saturated carbocycles. The molecule has 1 aromatic heterocycles. The summed E-state index contributed by atoms with van der Waals surface area (Å²) in [6.45, 7) is 0.476. The zero-order valence-electron chi connectivity index (χ0n) is 21.0. The molecule has 0 amide bonds. The average molecular weight is 562 g/mol. The highest BCUT2D eigenvalue weighted by molar-refractivity contribution is 6.31. The van der Waals surface area contributed by atoms with Crippen LogP contribution in [0.5, 0.6) is 5.75 Å². The van der Waals surface area contributed by atoms with E-state index in [4.69, 9.17) is 22.1 Å². The summed E-state index contributed by atoms with van der Waals surface area (Å²) in [5.41, 5.74) is 4.22. The smallest absolute Gasteiger partial charge is 0.331 e. The molecule has 3 aromatic carbocycles. The first-order valence-corrected chi connectivity index (χ1v) is 12.2. The number of nitrogens with zero attached hydrogens (tertiary/aromatic N) is 2. The van der Waals surface area contributed by atoms with Crippen molar-refractivity contribution < 1.29 is 22.3 Å². The van der Waals surface area contributed by atoms with Crippen molar-refractivity contribution in [1.29, 1.82) is 0 Å². The second kappa shape index (κ2) is 11.5. The molecule has 1 unspecified atom stereocenters. The lowest BCUT2D eigenvalue weighted by atomic mass is 10.0. The number of ether oxygens (including phenoxy) is 1. The van der Waals surface area contributed by atoms with Crippen molar-refractivity contribution in [2.45, 2.75) is 32.5 Å². The molecule has 0 aliphatic heterocycles. The summed E-state index contributed by atoms with van der Waals surface area (Å²) in [6.07, 6.45) is 0.0731. The molecule has 204 valence electrons. The Hall–Kier alpha value is -3.89. The lowest BCUT2D eigenvalue weighted by Crippen LogP contribution is -2.46.